The third-order valence-corrected chi connectivity index (χ3v) is 5.21. The van der Waals surface area contributed by atoms with Gasteiger partial charge in [-0.15, -0.1) is 0 Å². The van der Waals surface area contributed by atoms with Gasteiger partial charge >= 0.3 is 0 Å². The minimum atomic E-state index is -0.0826. The van der Waals surface area contributed by atoms with Crippen LogP contribution in [0.5, 0.6) is 0 Å². The summed E-state index contributed by atoms with van der Waals surface area (Å²) in [5.74, 6) is -0.0236. The Hall–Kier alpha value is -2.20. The van der Waals surface area contributed by atoms with Crippen LogP contribution in [0.3, 0.4) is 0 Å². The summed E-state index contributed by atoms with van der Waals surface area (Å²) in [6.07, 6.45) is 7.70. The molecule has 0 fully saturated rings. The van der Waals surface area contributed by atoms with Gasteiger partial charge in [0.1, 0.15) is 10.8 Å². The third kappa shape index (κ3) is 3.51. The highest BCUT2D eigenvalue weighted by molar-refractivity contribution is 6.30. The van der Waals surface area contributed by atoms with E-state index in [1.807, 2.05) is 26.1 Å². The van der Waals surface area contributed by atoms with Crippen LogP contribution in [0.15, 0.2) is 36.2 Å². The molecule has 0 bridgehead atoms. The number of nitrogens with zero attached hydrogens (tertiary/aromatic N) is 2. The van der Waals surface area contributed by atoms with Gasteiger partial charge in [0, 0.05) is 46.9 Å². The Balaban J connectivity index is 2.19. The van der Waals surface area contributed by atoms with E-state index in [2.05, 4.69) is 35.2 Å². The largest absolute Gasteiger partial charge is 0.384 e. The Morgan fingerprint density at radius 2 is 2.12 bits per heavy atom. The smallest absolute Gasteiger partial charge is 0.184 e. The van der Waals surface area contributed by atoms with E-state index < -0.39 is 0 Å². The zero-order chi connectivity index (χ0) is 18.8. The molecule has 0 aromatic carbocycles. The highest BCUT2D eigenvalue weighted by Gasteiger charge is 2.24. The van der Waals surface area contributed by atoms with Gasteiger partial charge in [-0.25, -0.2) is 9.97 Å². The van der Waals surface area contributed by atoms with Gasteiger partial charge < -0.3 is 5.32 Å². The van der Waals surface area contributed by atoms with E-state index in [4.69, 9.17) is 11.6 Å². The molecular formula is C21H24ClN3O. The highest BCUT2D eigenvalue weighted by atomic mass is 35.5. The number of aromatic nitrogens is 2. The first-order valence-electron chi connectivity index (χ1n) is 9.10. The number of pyridine rings is 2. The molecule has 2 aromatic heterocycles. The normalized spacial score (nSPS) is 18.1. The molecule has 26 heavy (non-hydrogen) atoms. The van der Waals surface area contributed by atoms with Crippen molar-refractivity contribution in [2.45, 2.75) is 46.6 Å². The summed E-state index contributed by atoms with van der Waals surface area (Å²) in [4.78, 5) is 21.9. The Bertz CT molecular complexity index is 917. The molecule has 0 amide bonds. The number of dihydropyridines is 1. The topological polar surface area (TPSA) is 54.9 Å². The summed E-state index contributed by atoms with van der Waals surface area (Å²) >= 11 is 6.02. The lowest BCUT2D eigenvalue weighted by Crippen LogP contribution is -2.25. The molecule has 0 saturated carbocycles. The fourth-order valence-electron chi connectivity index (χ4n) is 3.13. The predicted molar refractivity (Wildman–Crippen MR) is 107 cm³/mol. The van der Waals surface area contributed by atoms with Crippen LogP contribution >= 0.6 is 11.6 Å². The first-order valence-corrected chi connectivity index (χ1v) is 9.48. The molecule has 5 heteroatoms. The van der Waals surface area contributed by atoms with E-state index in [0.29, 0.717) is 22.4 Å². The molecular weight excluding hydrogens is 346 g/mol. The van der Waals surface area contributed by atoms with Crippen molar-refractivity contribution in [1.29, 1.82) is 0 Å². The van der Waals surface area contributed by atoms with E-state index >= 15 is 0 Å². The summed E-state index contributed by atoms with van der Waals surface area (Å²) in [5, 5.41) is 4.65. The zero-order valence-corrected chi connectivity index (χ0v) is 16.4. The molecule has 2 atom stereocenters. The molecule has 3 heterocycles. The molecule has 4 nitrogen and oxygen atoms in total. The molecule has 1 aliphatic heterocycles. The van der Waals surface area contributed by atoms with Crippen molar-refractivity contribution in [1.82, 2.24) is 15.3 Å². The fourth-order valence-corrected chi connectivity index (χ4v) is 3.28. The SMILES string of the molecule is CCC1C=C(C)C(c2cc3cnc(Cl)cc3nc2C(=O)C(C)CC)=CN1. The van der Waals surface area contributed by atoms with Crippen LogP contribution in [0.2, 0.25) is 5.15 Å². The maximum Gasteiger partial charge on any atom is 0.184 e. The van der Waals surface area contributed by atoms with Crippen LogP contribution in [0.25, 0.3) is 16.5 Å². The minimum Gasteiger partial charge on any atom is -0.384 e. The van der Waals surface area contributed by atoms with Crippen LogP contribution in [0, 0.1) is 5.92 Å². The maximum absolute atomic E-state index is 13.0. The minimum absolute atomic E-state index is 0.0589. The van der Waals surface area contributed by atoms with Crippen molar-refractivity contribution in [3.05, 3.63) is 52.6 Å². The lowest BCUT2D eigenvalue weighted by atomic mass is 9.89. The molecule has 3 rings (SSSR count). The van der Waals surface area contributed by atoms with Crippen LogP contribution in [-0.2, 0) is 0 Å². The first kappa shape index (κ1) is 18.6. The molecule has 2 unspecified atom stereocenters. The van der Waals surface area contributed by atoms with E-state index in [1.165, 1.54) is 0 Å². The van der Waals surface area contributed by atoms with Gasteiger partial charge in [0.25, 0.3) is 0 Å². The standard InChI is InChI=1S/C21H24ClN3O/c1-5-12(3)21(26)20-16(17-11-23-15(6-2)7-13(17)4)8-14-10-24-19(22)9-18(14)25-20/h7-12,15,23H,5-6H2,1-4H3. The number of nitrogens with one attached hydrogen (secondary N) is 1. The van der Waals surface area contributed by atoms with Crippen molar-refractivity contribution in [3.8, 4) is 0 Å². The van der Waals surface area contributed by atoms with Gasteiger partial charge in [0.2, 0.25) is 0 Å². The van der Waals surface area contributed by atoms with E-state index in [-0.39, 0.29) is 11.7 Å². The van der Waals surface area contributed by atoms with Crippen LogP contribution in [0.1, 0.15) is 56.6 Å². The summed E-state index contributed by atoms with van der Waals surface area (Å²) in [6.45, 7) is 8.19. The summed E-state index contributed by atoms with van der Waals surface area (Å²) in [7, 11) is 0. The average Bonchev–Trinajstić information content (AvgIpc) is 2.65. The van der Waals surface area contributed by atoms with Crippen LogP contribution in [-0.4, -0.2) is 21.8 Å². The second-order valence-electron chi connectivity index (χ2n) is 6.85. The second kappa shape index (κ2) is 7.58. The molecule has 0 aliphatic carbocycles. The molecule has 0 radical (unpaired) electrons. The van der Waals surface area contributed by atoms with Gasteiger partial charge in [0.05, 0.1) is 5.52 Å². The molecule has 136 valence electrons. The van der Waals surface area contributed by atoms with Crippen molar-refractivity contribution in [2.24, 2.45) is 5.92 Å². The quantitative estimate of drug-likeness (QED) is 0.582. The van der Waals surface area contributed by atoms with Gasteiger partial charge in [-0.1, -0.05) is 38.4 Å². The highest BCUT2D eigenvalue weighted by Crippen LogP contribution is 2.32. The average molecular weight is 370 g/mol. The monoisotopic (exact) mass is 369 g/mol. The number of hydrogen-bond acceptors (Lipinski definition) is 4. The van der Waals surface area contributed by atoms with Crippen molar-refractivity contribution >= 4 is 33.9 Å². The van der Waals surface area contributed by atoms with E-state index in [0.717, 1.165) is 34.9 Å². The molecule has 2 aromatic rings. The van der Waals surface area contributed by atoms with Gasteiger partial charge in [-0.05, 0) is 31.4 Å². The second-order valence-corrected chi connectivity index (χ2v) is 7.23. The Morgan fingerprint density at radius 1 is 1.35 bits per heavy atom. The molecule has 0 spiro atoms. The van der Waals surface area contributed by atoms with Gasteiger partial charge in [0.15, 0.2) is 5.78 Å². The lowest BCUT2D eigenvalue weighted by molar-refractivity contribution is 0.0922. The number of ketones is 1. The summed E-state index contributed by atoms with van der Waals surface area (Å²) in [6, 6.07) is 4.02. The summed E-state index contributed by atoms with van der Waals surface area (Å²) in [5.41, 5.74) is 4.20. The third-order valence-electron chi connectivity index (χ3n) is 5.01. The fraction of sp³-hybridized carbons (Fsp3) is 0.381. The lowest BCUT2D eigenvalue weighted by Gasteiger charge is -2.23. The number of carbonyl (C=O) groups excluding carboxylic acids is 1. The Labute approximate surface area is 159 Å². The van der Waals surface area contributed by atoms with Crippen LogP contribution < -0.4 is 5.32 Å². The number of fused-ring (bicyclic) bond motifs is 1. The van der Waals surface area contributed by atoms with Gasteiger partial charge in [-0.2, -0.15) is 0 Å². The first-order chi connectivity index (χ1) is 12.4. The number of rotatable bonds is 5. The number of Topliss-reactive ketones (excluding diaryl/α,β-unsaturated/α-hetero) is 1. The number of allylic oxidation sites excluding steroid dienone is 2. The molecule has 1 N–H and O–H groups in total. The number of carbonyl (C=O) groups is 1. The number of hydrogen-bond donors (Lipinski definition) is 1. The maximum atomic E-state index is 13.0. The molecule has 1 aliphatic rings. The summed E-state index contributed by atoms with van der Waals surface area (Å²) < 4.78 is 0. The Morgan fingerprint density at radius 3 is 2.77 bits per heavy atom. The molecule has 0 saturated heterocycles. The predicted octanol–water partition coefficient (Wildman–Crippen LogP) is 5.18. The van der Waals surface area contributed by atoms with Gasteiger partial charge in [-0.3, -0.25) is 4.79 Å². The van der Waals surface area contributed by atoms with E-state index in [9.17, 15) is 4.79 Å². The van der Waals surface area contributed by atoms with E-state index in [1.54, 1.807) is 12.3 Å². The van der Waals surface area contributed by atoms with Crippen molar-refractivity contribution in [2.75, 3.05) is 0 Å². The van der Waals surface area contributed by atoms with Crippen molar-refractivity contribution in [3.63, 3.8) is 0 Å². The van der Waals surface area contributed by atoms with Crippen LogP contribution in [0.4, 0.5) is 0 Å². The Kier molecular flexibility index (Phi) is 5.42. The van der Waals surface area contributed by atoms with Crippen molar-refractivity contribution < 1.29 is 4.79 Å². The number of halogens is 1. The zero-order valence-electron chi connectivity index (χ0n) is 15.6.